The zero-order valence-electron chi connectivity index (χ0n) is 32.9. The Labute approximate surface area is 348 Å². The van der Waals surface area contributed by atoms with Crippen molar-refractivity contribution in [1.82, 2.24) is 0 Å². The van der Waals surface area contributed by atoms with Gasteiger partial charge in [0.15, 0.2) is 0 Å². The first kappa shape index (κ1) is 34.4. The molecule has 12 rings (SSSR count). The molecule has 0 saturated heterocycles. The molecule has 0 spiro atoms. The molecule has 1 aliphatic carbocycles. The molecule has 1 atom stereocenters. The number of para-hydroxylation sites is 1. The van der Waals surface area contributed by atoms with Crippen LogP contribution in [-0.4, -0.2) is 0 Å². The molecule has 0 aliphatic heterocycles. The number of nitrogens with zero attached hydrogens (tertiary/aromatic N) is 1. The van der Waals surface area contributed by atoms with E-state index in [0.717, 1.165) is 34.8 Å². The third kappa shape index (κ3) is 5.64. The first-order chi connectivity index (χ1) is 29.7. The maximum absolute atomic E-state index is 6.89. The Bertz CT molecular complexity index is 3470. The Balaban J connectivity index is 1.03. The third-order valence-electron chi connectivity index (χ3n) is 12.6. The molecule has 1 aliphatic rings. The van der Waals surface area contributed by atoms with E-state index < -0.39 is 0 Å². The highest BCUT2D eigenvalue weighted by atomic mass is 16.3. The van der Waals surface area contributed by atoms with Gasteiger partial charge < -0.3 is 9.32 Å². The fraction of sp³-hybridized carbons (Fsp3) is 0.0345. The summed E-state index contributed by atoms with van der Waals surface area (Å²) >= 11 is 0. The van der Waals surface area contributed by atoms with Crippen LogP contribution in [0.2, 0.25) is 0 Å². The lowest BCUT2D eigenvalue weighted by Gasteiger charge is -2.31. The van der Waals surface area contributed by atoms with Crippen LogP contribution >= 0.6 is 0 Å². The van der Waals surface area contributed by atoms with Gasteiger partial charge in [0.1, 0.15) is 11.3 Å². The van der Waals surface area contributed by atoms with Crippen molar-refractivity contribution in [2.24, 2.45) is 0 Å². The highest BCUT2D eigenvalue weighted by molar-refractivity contribution is 6.14. The van der Waals surface area contributed by atoms with E-state index in [0.29, 0.717) is 0 Å². The highest BCUT2D eigenvalue weighted by Crippen LogP contribution is 2.48. The Hall–Kier alpha value is -7.68. The minimum absolute atomic E-state index is 0.0312. The molecule has 0 bridgehead atoms. The minimum atomic E-state index is 0.0312. The number of fused-ring (bicyclic) bond motifs is 8. The average molecular weight is 766 g/mol. The fourth-order valence-electron chi connectivity index (χ4n) is 9.73. The van der Waals surface area contributed by atoms with Crippen molar-refractivity contribution < 1.29 is 4.42 Å². The second-order valence-electron chi connectivity index (χ2n) is 16.0. The Morgan fingerprint density at radius 1 is 0.417 bits per heavy atom. The summed E-state index contributed by atoms with van der Waals surface area (Å²) in [7, 11) is 0. The number of hydrogen-bond donors (Lipinski definition) is 0. The molecule has 0 saturated carbocycles. The van der Waals surface area contributed by atoms with Crippen molar-refractivity contribution in [3.8, 4) is 22.3 Å². The smallest absolute Gasteiger partial charge is 0.135 e. The van der Waals surface area contributed by atoms with E-state index in [1.54, 1.807) is 0 Å². The van der Waals surface area contributed by atoms with Crippen LogP contribution in [0.25, 0.3) is 82.4 Å². The second-order valence-corrected chi connectivity index (χ2v) is 16.0. The number of allylic oxidation sites excluding steroid dienone is 1. The van der Waals surface area contributed by atoms with E-state index in [9.17, 15) is 0 Å². The maximum Gasteiger partial charge on any atom is 0.135 e. The number of benzene rings is 10. The number of hydrogen-bond acceptors (Lipinski definition) is 2. The molecule has 0 amide bonds. The van der Waals surface area contributed by atoms with Crippen LogP contribution in [0.3, 0.4) is 0 Å². The standard InChI is InChI=1S/C58H39NO/c1-2-16-41-37-57-55(35-40(41)15-1)53-28-13-27-52(58(53)60-57)51-25-9-10-29-56(51)59(45-20-11-19-42(34-45)47-26-12-18-38-14-3-5-21-46(38)47)44-32-30-39(31-33-44)54-36-43-17-4-6-22-48(43)49-23-7-8-24-50(49)54/h1-26,28-37,52H,27H2. The monoisotopic (exact) mass is 765 g/mol. The van der Waals surface area contributed by atoms with E-state index in [-0.39, 0.29) is 5.92 Å². The molecule has 2 heteroatoms. The predicted octanol–water partition coefficient (Wildman–Crippen LogP) is 16.4. The molecule has 2 nitrogen and oxygen atoms in total. The zero-order chi connectivity index (χ0) is 39.6. The van der Waals surface area contributed by atoms with E-state index >= 15 is 0 Å². The lowest BCUT2D eigenvalue weighted by molar-refractivity contribution is 0.517. The van der Waals surface area contributed by atoms with Gasteiger partial charge in [0, 0.05) is 28.2 Å². The van der Waals surface area contributed by atoms with E-state index in [1.165, 1.54) is 81.9 Å². The molecule has 1 aromatic heterocycles. The Morgan fingerprint density at radius 3 is 1.93 bits per heavy atom. The average Bonchev–Trinajstić information content (AvgIpc) is 3.68. The fourth-order valence-corrected chi connectivity index (χ4v) is 9.73. The quantitative estimate of drug-likeness (QED) is 0.157. The van der Waals surface area contributed by atoms with E-state index in [4.69, 9.17) is 4.42 Å². The Kier molecular flexibility index (Phi) is 8.02. The molecule has 282 valence electrons. The SMILES string of the molecule is C1=Cc2c(oc3cc4ccccc4cc23)C(c2ccccc2N(c2ccc(-c3cc4ccccc4c4ccccc34)cc2)c2cccc(-c3cccc4ccccc34)c2)C1. The molecule has 0 radical (unpaired) electrons. The van der Waals surface area contributed by atoms with Crippen LogP contribution < -0.4 is 4.90 Å². The molecule has 10 aromatic carbocycles. The van der Waals surface area contributed by atoms with Crippen molar-refractivity contribution in [1.29, 1.82) is 0 Å². The summed E-state index contributed by atoms with van der Waals surface area (Å²) in [5, 5.41) is 11.1. The molecule has 0 N–H and O–H groups in total. The first-order valence-electron chi connectivity index (χ1n) is 20.9. The molecular formula is C58H39NO. The molecule has 1 heterocycles. The van der Waals surface area contributed by atoms with Crippen molar-refractivity contribution in [2.45, 2.75) is 12.3 Å². The molecule has 1 unspecified atom stereocenters. The van der Waals surface area contributed by atoms with Crippen LogP contribution in [0.15, 0.2) is 217 Å². The number of anilines is 3. The molecular weight excluding hydrogens is 727 g/mol. The van der Waals surface area contributed by atoms with Crippen LogP contribution in [-0.2, 0) is 0 Å². The van der Waals surface area contributed by atoms with Crippen LogP contribution in [0.4, 0.5) is 17.1 Å². The highest BCUT2D eigenvalue weighted by Gasteiger charge is 2.29. The molecule has 0 fully saturated rings. The van der Waals surface area contributed by atoms with Crippen LogP contribution in [0.1, 0.15) is 29.2 Å². The van der Waals surface area contributed by atoms with Crippen LogP contribution in [0.5, 0.6) is 0 Å². The summed E-state index contributed by atoms with van der Waals surface area (Å²) in [4.78, 5) is 2.45. The van der Waals surface area contributed by atoms with Crippen molar-refractivity contribution in [3.63, 3.8) is 0 Å². The normalized spacial score (nSPS) is 13.7. The van der Waals surface area contributed by atoms with Gasteiger partial charge in [-0.1, -0.05) is 170 Å². The van der Waals surface area contributed by atoms with Crippen molar-refractivity contribution in [3.05, 3.63) is 229 Å². The summed E-state index contributed by atoms with van der Waals surface area (Å²) in [6.45, 7) is 0. The van der Waals surface area contributed by atoms with Gasteiger partial charge in [-0.25, -0.2) is 0 Å². The lowest BCUT2D eigenvalue weighted by atomic mass is 9.85. The molecule has 60 heavy (non-hydrogen) atoms. The predicted molar refractivity (Wildman–Crippen MR) is 254 cm³/mol. The van der Waals surface area contributed by atoms with Gasteiger partial charge >= 0.3 is 0 Å². The topological polar surface area (TPSA) is 16.4 Å². The summed E-state index contributed by atoms with van der Waals surface area (Å²) in [6, 6.07) is 75.2. The number of rotatable bonds is 6. The lowest BCUT2D eigenvalue weighted by Crippen LogP contribution is -2.15. The van der Waals surface area contributed by atoms with Gasteiger partial charge in [0.05, 0.1) is 5.69 Å². The van der Waals surface area contributed by atoms with Gasteiger partial charge in [-0.15, -0.1) is 0 Å². The second kappa shape index (κ2) is 14.0. The van der Waals surface area contributed by atoms with Gasteiger partial charge in [-0.05, 0) is 126 Å². The minimum Gasteiger partial charge on any atom is -0.460 e. The van der Waals surface area contributed by atoms with Gasteiger partial charge in [0.2, 0.25) is 0 Å². The summed E-state index contributed by atoms with van der Waals surface area (Å²) in [5.41, 5.74) is 11.5. The summed E-state index contributed by atoms with van der Waals surface area (Å²) in [6.07, 6.45) is 5.43. The zero-order valence-corrected chi connectivity index (χ0v) is 32.9. The van der Waals surface area contributed by atoms with Gasteiger partial charge in [-0.3, -0.25) is 0 Å². The largest absolute Gasteiger partial charge is 0.460 e. The molecule has 11 aromatic rings. The first-order valence-corrected chi connectivity index (χ1v) is 20.9. The van der Waals surface area contributed by atoms with Gasteiger partial charge in [-0.2, -0.15) is 0 Å². The maximum atomic E-state index is 6.89. The third-order valence-corrected chi connectivity index (χ3v) is 12.6. The number of furan rings is 1. The van der Waals surface area contributed by atoms with Crippen molar-refractivity contribution in [2.75, 3.05) is 4.90 Å². The van der Waals surface area contributed by atoms with Gasteiger partial charge in [0.25, 0.3) is 0 Å². The van der Waals surface area contributed by atoms with Crippen molar-refractivity contribution >= 4 is 77.2 Å². The van der Waals surface area contributed by atoms with Crippen LogP contribution in [0, 0.1) is 0 Å². The van der Waals surface area contributed by atoms with E-state index in [1.807, 2.05) is 0 Å². The Morgan fingerprint density at radius 2 is 1.08 bits per heavy atom. The summed E-state index contributed by atoms with van der Waals surface area (Å²) < 4.78 is 6.89. The van der Waals surface area contributed by atoms with E-state index in [2.05, 4.69) is 223 Å². The summed E-state index contributed by atoms with van der Waals surface area (Å²) in [5.74, 6) is 1.06.